The van der Waals surface area contributed by atoms with Crippen LogP contribution in [-0.4, -0.2) is 45.6 Å². The highest BCUT2D eigenvalue weighted by molar-refractivity contribution is 7.92. The van der Waals surface area contributed by atoms with Crippen LogP contribution < -0.4 is 14.5 Å². The molecule has 0 radical (unpaired) electrons. The van der Waals surface area contributed by atoms with Gasteiger partial charge in [-0.3, -0.25) is 9.10 Å². The Morgan fingerprint density at radius 3 is 2.46 bits per heavy atom. The number of rotatable bonds is 7. The molecule has 9 heteroatoms. The van der Waals surface area contributed by atoms with Crippen LogP contribution in [0.5, 0.6) is 11.5 Å². The number of methoxy groups -OCH3 is 1. The summed E-state index contributed by atoms with van der Waals surface area (Å²) in [4.78, 5) is 12.3. The van der Waals surface area contributed by atoms with E-state index in [4.69, 9.17) is 4.74 Å². The fourth-order valence-corrected chi connectivity index (χ4v) is 3.65. The molecule has 0 aliphatic rings. The highest BCUT2D eigenvalue weighted by atomic mass is 32.2. The van der Waals surface area contributed by atoms with Gasteiger partial charge in [-0.1, -0.05) is 18.2 Å². The van der Waals surface area contributed by atoms with Crippen LogP contribution in [0, 0.1) is 13.8 Å². The van der Waals surface area contributed by atoms with Gasteiger partial charge in [0.2, 0.25) is 10.0 Å². The van der Waals surface area contributed by atoms with Gasteiger partial charge in [-0.25, -0.2) is 13.8 Å². The number of carbonyl (C=O) groups excluding carboxylic acids is 1. The Bertz CT molecular complexity index is 982. The normalized spacial score (nSPS) is 11.4. The molecule has 0 bridgehead atoms. The number of benzene rings is 2. The molecule has 2 N–H and O–H groups in total. The third-order valence-electron chi connectivity index (χ3n) is 3.98. The molecule has 2 rings (SSSR count). The van der Waals surface area contributed by atoms with Crippen LogP contribution in [-0.2, 0) is 14.8 Å². The van der Waals surface area contributed by atoms with Crippen molar-refractivity contribution < 1.29 is 23.1 Å². The fourth-order valence-electron chi connectivity index (χ4n) is 2.68. The summed E-state index contributed by atoms with van der Waals surface area (Å²) >= 11 is 0. The summed E-state index contributed by atoms with van der Waals surface area (Å²) in [5, 5.41) is 13.4. The second kappa shape index (κ2) is 8.75. The summed E-state index contributed by atoms with van der Waals surface area (Å²) in [6.07, 6.45) is 2.42. The lowest BCUT2D eigenvalue weighted by Gasteiger charge is -2.25. The number of carbonyl (C=O) groups is 1. The fraction of sp³-hybridized carbons (Fsp3) is 0.263. The molecule has 28 heavy (non-hydrogen) atoms. The van der Waals surface area contributed by atoms with Gasteiger partial charge >= 0.3 is 0 Å². The van der Waals surface area contributed by atoms with E-state index in [1.54, 1.807) is 38.1 Å². The van der Waals surface area contributed by atoms with Crippen molar-refractivity contribution >= 4 is 27.8 Å². The molecule has 0 heterocycles. The number of ether oxygens (including phenoxy) is 1. The average molecular weight is 405 g/mol. The Kier molecular flexibility index (Phi) is 6.63. The molecular weight excluding hydrogens is 382 g/mol. The zero-order valence-corrected chi connectivity index (χ0v) is 16.9. The summed E-state index contributed by atoms with van der Waals surface area (Å²) in [5.74, 6) is -0.329. The number of anilines is 1. The lowest BCUT2D eigenvalue weighted by atomic mass is 10.1. The number of nitrogens with zero attached hydrogens (tertiary/aromatic N) is 2. The predicted octanol–water partition coefficient (Wildman–Crippen LogP) is 1.93. The van der Waals surface area contributed by atoms with E-state index in [1.165, 1.54) is 19.4 Å². The van der Waals surface area contributed by atoms with Gasteiger partial charge in [0.25, 0.3) is 5.91 Å². The number of hydrazone groups is 1. The maximum Gasteiger partial charge on any atom is 0.260 e. The minimum absolute atomic E-state index is 0.0129. The first-order valence-corrected chi connectivity index (χ1v) is 10.2. The number of para-hydroxylation sites is 1. The summed E-state index contributed by atoms with van der Waals surface area (Å²) in [6.45, 7) is 3.17. The highest BCUT2D eigenvalue weighted by Crippen LogP contribution is 2.27. The second-order valence-corrected chi connectivity index (χ2v) is 8.14. The SMILES string of the molecule is COc1cc(C=NNC(=O)CN(c2c(C)cccc2C)S(C)(=O)=O)ccc1O. The number of hydrogen-bond donors (Lipinski definition) is 2. The molecule has 2 aromatic carbocycles. The van der Waals surface area contributed by atoms with E-state index in [0.717, 1.165) is 21.7 Å². The molecule has 1 amide bonds. The minimum Gasteiger partial charge on any atom is -0.504 e. The lowest BCUT2D eigenvalue weighted by molar-refractivity contribution is -0.119. The number of sulfonamides is 1. The largest absolute Gasteiger partial charge is 0.504 e. The molecule has 0 aromatic heterocycles. The van der Waals surface area contributed by atoms with Crippen LogP contribution >= 0.6 is 0 Å². The van der Waals surface area contributed by atoms with Crippen molar-refractivity contribution in [1.82, 2.24) is 5.43 Å². The molecule has 150 valence electrons. The molecule has 0 saturated carbocycles. The number of aromatic hydroxyl groups is 1. The predicted molar refractivity (Wildman–Crippen MR) is 109 cm³/mol. The van der Waals surface area contributed by atoms with Crippen molar-refractivity contribution in [2.45, 2.75) is 13.8 Å². The van der Waals surface area contributed by atoms with Crippen molar-refractivity contribution in [3.05, 3.63) is 53.1 Å². The molecule has 8 nitrogen and oxygen atoms in total. The van der Waals surface area contributed by atoms with Gasteiger partial charge in [0.15, 0.2) is 11.5 Å². The van der Waals surface area contributed by atoms with Crippen LogP contribution in [0.1, 0.15) is 16.7 Å². The minimum atomic E-state index is -3.67. The molecule has 0 atom stereocenters. The van der Waals surface area contributed by atoms with E-state index in [9.17, 15) is 18.3 Å². The van der Waals surface area contributed by atoms with Crippen molar-refractivity contribution in [1.29, 1.82) is 0 Å². The van der Waals surface area contributed by atoms with Gasteiger partial charge in [-0.15, -0.1) is 0 Å². The van der Waals surface area contributed by atoms with Crippen LogP contribution in [0.4, 0.5) is 5.69 Å². The van der Waals surface area contributed by atoms with E-state index < -0.39 is 22.5 Å². The summed E-state index contributed by atoms with van der Waals surface area (Å²) in [7, 11) is -2.25. The number of phenolic OH excluding ortho intramolecular Hbond substituents is 1. The van der Waals surface area contributed by atoms with Gasteiger partial charge in [0.1, 0.15) is 6.54 Å². The number of amides is 1. The second-order valence-electron chi connectivity index (χ2n) is 6.23. The van der Waals surface area contributed by atoms with Crippen LogP contribution in [0.3, 0.4) is 0 Å². The molecule has 0 aliphatic heterocycles. The Morgan fingerprint density at radius 2 is 1.89 bits per heavy atom. The summed E-state index contributed by atoms with van der Waals surface area (Å²) in [6, 6.07) is 9.97. The van der Waals surface area contributed by atoms with E-state index in [1.807, 2.05) is 6.07 Å². The third-order valence-corrected chi connectivity index (χ3v) is 5.10. The van der Waals surface area contributed by atoms with Crippen molar-refractivity contribution in [2.24, 2.45) is 5.10 Å². The molecule has 0 spiro atoms. The van der Waals surface area contributed by atoms with E-state index in [2.05, 4.69) is 10.5 Å². The highest BCUT2D eigenvalue weighted by Gasteiger charge is 2.23. The quantitative estimate of drug-likeness (QED) is 0.541. The molecule has 0 unspecified atom stereocenters. The van der Waals surface area contributed by atoms with E-state index in [0.29, 0.717) is 11.3 Å². The van der Waals surface area contributed by atoms with E-state index in [-0.39, 0.29) is 11.5 Å². The number of aryl methyl sites for hydroxylation is 2. The van der Waals surface area contributed by atoms with Gasteiger partial charge in [0.05, 0.1) is 25.3 Å². The van der Waals surface area contributed by atoms with Crippen molar-refractivity contribution in [3.8, 4) is 11.5 Å². The first kappa shape index (κ1) is 21.2. The third kappa shape index (κ3) is 5.23. The monoisotopic (exact) mass is 405 g/mol. The number of hydrogen-bond acceptors (Lipinski definition) is 6. The Morgan fingerprint density at radius 1 is 1.25 bits per heavy atom. The first-order chi connectivity index (χ1) is 13.1. The molecule has 2 aromatic rings. The zero-order valence-electron chi connectivity index (χ0n) is 16.1. The smallest absolute Gasteiger partial charge is 0.260 e. The number of nitrogens with one attached hydrogen (secondary N) is 1. The molecule has 0 fully saturated rings. The van der Waals surface area contributed by atoms with Crippen molar-refractivity contribution in [3.63, 3.8) is 0 Å². The molecular formula is C19H23N3O5S. The maximum atomic E-state index is 12.3. The van der Waals surface area contributed by atoms with Crippen LogP contribution in [0.2, 0.25) is 0 Å². The lowest BCUT2D eigenvalue weighted by Crippen LogP contribution is -2.39. The van der Waals surface area contributed by atoms with Crippen LogP contribution in [0.25, 0.3) is 0 Å². The van der Waals surface area contributed by atoms with Gasteiger partial charge in [-0.2, -0.15) is 5.10 Å². The topological polar surface area (TPSA) is 108 Å². The average Bonchev–Trinajstić information content (AvgIpc) is 2.61. The van der Waals surface area contributed by atoms with Gasteiger partial charge in [0, 0.05) is 0 Å². The maximum absolute atomic E-state index is 12.3. The molecule has 0 saturated heterocycles. The number of phenols is 1. The van der Waals surface area contributed by atoms with E-state index >= 15 is 0 Å². The van der Waals surface area contributed by atoms with Crippen molar-refractivity contribution in [2.75, 3.05) is 24.2 Å². The Labute approximate surface area is 164 Å². The standard InChI is InChI=1S/C19H23N3O5S/c1-13-6-5-7-14(2)19(13)22(28(4,25)26)12-18(24)21-20-11-15-8-9-16(23)17(10-15)27-3/h5-11,23H,12H2,1-4H3,(H,21,24). The van der Waals surface area contributed by atoms with Crippen LogP contribution in [0.15, 0.2) is 41.5 Å². The zero-order chi connectivity index (χ0) is 20.9. The first-order valence-electron chi connectivity index (χ1n) is 8.36. The summed E-state index contributed by atoms with van der Waals surface area (Å²) < 4.78 is 30.5. The molecule has 0 aliphatic carbocycles. The Hall–Kier alpha value is -3.07. The van der Waals surface area contributed by atoms with Gasteiger partial charge in [-0.05, 0) is 48.7 Å². The van der Waals surface area contributed by atoms with Gasteiger partial charge < -0.3 is 9.84 Å². The summed E-state index contributed by atoms with van der Waals surface area (Å²) in [5.41, 5.74) is 4.88. The Balaban J connectivity index is 2.15.